The van der Waals surface area contributed by atoms with Gasteiger partial charge in [0.05, 0.1) is 12.5 Å². The monoisotopic (exact) mass is 574 g/mol. The minimum absolute atomic E-state index is 0.0336. The Hall–Kier alpha value is -2.85. The summed E-state index contributed by atoms with van der Waals surface area (Å²) in [7, 11) is 3.30. The number of benzene rings is 2. The first-order valence-corrected chi connectivity index (χ1v) is 14.1. The average Bonchev–Trinajstić information content (AvgIpc) is 3.77. The molecule has 2 aromatic rings. The Morgan fingerprint density at radius 2 is 1.82 bits per heavy atom. The fraction of sp³-hybridized carbons (Fsp3) is 0.533. The fourth-order valence-corrected chi connectivity index (χ4v) is 5.57. The Balaban J connectivity index is 1.63. The summed E-state index contributed by atoms with van der Waals surface area (Å²) in [5, 5.41) is 22.1. The zero-order valence-electron chi connectivity index (χ0n) is 23.2. The van der Waals surface area contributed by atoms with Crippen LogP contribution in [0.25, 0.3) is 0 Å². The highest BCUT2D eigenvalue weighted by Gasteiger charge is 2.50. The number of carbonyl (C=O) groups is 2. The Morgan fingerprint density at radius 1 is 1.07 bits per heavy atom. The van der Waals surface area contributed by atoms with Crippen molar-refractivity contribution in [2.45, 2.75) is 50.3 Å². The zero-order chi connectivity index (χ0) is 28.7. The number of amides is 2. The maximum atomic E-state index is 14.3. The third-order valence-electron chi connectivity index (χ3n) is 7.66. The highest BCUT2D eigenvalue weighted by atomic mass is 35.5. The first-order chi connectivity index (χ1) is 19.2. The van der Waals surface area contributed by atoms with Crippen LogP contribution in [0.4, 0.5) is 4.79 Å². The van der Waals surface area contributed by atoms with Crippen LogP contribution in [0.5, 0.6) is 5.75 Å². The summed E-state index contributed by atoms with van der Waals surface area (Å²) in [6.45, 7) is 1.86. The number of nitrogens with zero attached hydrogens (tertiary/aromatic N) is 2. The molecule has 4 rings (SSSR count). The lowest BCUT2D eigenvalue weighted by Gasteiger charge is -2.45. The molecule has 1 saturated heterocycles. The Bertz CT molecular complexity index is 1150. The van der Waals surface area contributed by atoms with E-state index >= 15 is 0 Å². The van der Waals surface area contributed by atoms with E-state index in [0.29, 0.717) is 42.7 Å². The summed E-state index contributed by atoms with van der Waals surface area (Å²) in [4.78, 5) is 29.2. The van der Waals surface area contributed by atoms with Gasteiger partial charge in [-0.3, -0.25) is 4.79 Å². The molecule has 0 radical (unpaired) electrons. The van der Waals surface area contributed by atoms with E-state index in [9.17, 15) is 19.8 Å². The van der Waals surface area contributed by atoms with Crippen molar-refractivity contribution in [2.75, 3.05) is 47.1 Å². The van der Waals surface area contributed by atoms with Crippen LogP contribution in [0.15, 0.2) is 42.5 Å². The number of ether oxygens (including phenoxy) is 3. The van der Waals surface area contributed by atoms with Crippen molar-refractivity contribution < 1.29 is 34.0 Å². The zero-order valence-corrected chi connectivity index (χ0v) is 23.9. The predicted octanol–water partition coefficient (Wildman–Crippen LogP) is 4.32. The van der Waals surface area contributed by atoms with Crippen molar-refractivity contribution >= 4 is 23.6 Å². The molecule has 218 valence electrons. The second-order valence-electron chi connectivity index (χ2n) is 10.6. The lowest BCUT2D eigenvalue weighted by molar-refractivity contribution is -0.154. The van der Waals surface area contributed by atoms with E-state index in [2.05, 4.69) is 6.07 Å². The van der Waals surface area contributed by atoms with Gasteiger partial charge in [-0.25, -0.2) is 4.79 Å². The first kappa shape index (κ1) is 30.1. The molecule has 0 aromatic heterocycles. The van der Waals surface area contributed by atoms with Crippen LogP contribution in [0.1, 0.15) is 42.4 Å². The molecule has 2 atom stereocenters. The molecule has 9 nitrogen and oxygen atoms in total. The number of hydrogen-bond donors (Lipinski definition) is 2. The molecule has 1 heterocycles. The molecule has 1 aliphatic carbocycles. The van der Waals surface area contributed by atoms with Gasteiger partial charge >= 0.3 is 6.09 Å². The number of halogens is 1. The molecular formula is C30H39ClN2O7. The highest BCUT2D eigenvalue weighted by molar-refractivity contribution is 6.30. The standard InChI is InChI=1S/C30H39ClN2O7/c1-38-12-4-5-21-15-22(17-26(16-21)40-14-13-39-2)19-33(25-8-9-25)28(34)27-20-32(29(35)36)11-10-30(27,37)23-6-3-7-24(31)18-23/h3,6-7,15-18,25,27,37H,4-5,8-14,19-20H2,1-2H3,(H,35,36)/t27-,30+/m1/s1. The topological polar surface area (TPSA) is 109 Å². The second kappa shape index (κ2) is 13.7. The highest BCUT2D eigenvalue weighted by Crippen LogP contribution is 2.41. The summed E-state index contributed by atoms with van der Waals surface area (Å²) in [6, 6.07) is 12.9. The quantitative estimate of drug-likeness (QED) is 0.343. The Morgan fingerprint density at radius 3 is 2.50 bits per heavy atom. The van der Waals surface area contributed by atoms with E-state index in [4.69, 9.17) is 25.8 Å². The van der Waals surface area contributed by atoms with Gasteiger partial charge in [0.1, 0.15) is 18.0 Å². The maximum absolute atomic E-state index is 14.3. The van der Waals surface area contributed by atoms with Crippen LogP contribution in [-0.4, -0.2) is 85.2 Å². The van der Waals surface area contributed by atoms with Crippen molar-refractivity contribution in [3.63, 3.8) is 0 Å². The fourth-order valence-electron chi connectivity index (χ4n) is 5.38. The van der Waals surface area contributed by atoms with E-state index < -0.39 is 17.6 Å². The molecule has 2 amide bonds. The summed E-state index contributed by atoms with van der Waals surface area (Å²) >= 11 is 6.24. The predicted molar refractivity (Wildman–Crippen MR) is 151 cm³/mol. The molecule has 2 fully saturated rings. The van der Waals surface area contributed by atoms with E-state index in [-0.39, 0.29) is 31.5 Å². The smallest absolute Gasteiger partial charge is 0.407 e. The summed E-state index contributed by atoms with van der Waals surface area (Å²) < 4.78 is 16.3. The van der Waals surface area contributed by atoms with Crippen molar-refractivity contribution in [1.82, 2.24) is 9.80 Å². The van der Waals surface area contributed by atoms with Crippen molar-refractivity contribution in [2.24, 2.45) is 5.92 Å². The van der Waals surface area contributed by atoms with E-state index in [0.717, 1.165) is 36.8 Å². The number of carbonyl (C=O) groups excluding carboxylic acids is 1. The number of hydrogen-bond acceptors (Lipinski definition) is 6. The lowest BCUT2D eigenvalue weighted by Crippen LogP contribution is -2.57. The SMILES string of the molecule is COCCCc1cc(CN(C(=O)[C@H]2CN(C(=O)O)CC[C@]2(O)c2cccc(Cl)c2)C2CC2)cc(OCCOC)c1. The van der Waals surface area contributed by atoms with Gasteiger partial charge in [0.15, 0.2) is 0 Å². The number of piperidine rings is 1. The van der Waals surface area contributed by atoms with Crippen LogP contribution < -0.4 is 4.74 Å². The normalized spacial score (nSPS) is 20.8. The van der Waals surface area contributed by atoms with Gasteiger partial charge in [-0.05, 0) is 73.1 Å². The number of rotatable bonds is 13. The molecule has 1 saturated carbocycles. The second-order valence-corrected chi connectivity index (χ2v) is 11.0. The number of likely N-dealkylation sites (tertiary alicyclic amines) is 1. The minimum atomic E-state index is -1.54. The molecule has 40 heavy (non-hydrogen) atoms. The summed E-state index contributed by atoms with van der Waals surface area (Å²) in [5.74, 6) is -0.531. The largest absolute Gasteiger partial charge is 0.491 e. The molecule has 0 spiro atoms. The van der Waals surface area contributed by atoms with Crippen LogP contribution >= 0.6 is 11.6 Å². The molecule has 2 aromatic carbocycles. The van der Waals surface area contributed by atoms with Crippen molar-refractivity contribution in [1.29, 1.82) is 0 Å². The number of methoxy groups -OCH3 is 2. The lowest BCUT2D eigenvalue weighted by atomic mass is 9.75. The maximum Gasteiger partial charge on any atom is 0.407 e. The van der Waals surface area contributed by atoms with Gasteiger partial charge in [-0.2, -0.15) is 0 Å². The van der Waals surface area contributed by atoms with E-state index in [1.54, 1.807) is 43.4 Å². The van der Waals surface area contributed by atoms with Gasteiger partial charge in [-0.1, -0.05) is 29.8 Å². The van der Waals surface area contributed by atoms with Crippen LogP contribution in [0.2, 0.25) is 5.02 Å². The molecule has 10 heteroatoms. The minimum Gasteiger partial charge on any atom is -0.491 e. The molecule has 1 aliphatic heterocycles. The third kappa shape index (κ3) is 7.46. The first-order valence-electron chi connectivity index (χ1n) is 13.8. The summed E-state index contributed by atoms with van der Waals surface area (Å²) in [5.41, 5.74) is 0.973. The van der Waals surface area contributed by atoms with Crippen LogP contribution in [-0.2, 0) is 32.8 Å². The Kier molecular flexibility index (Phi) is 10.3. The Labute approximate surface area is 240 Å². The number of aryl methyl sites for hydroxylation is 1. The molecule has 2 aliphatic rings. The van der Waals surface area contributed by atoms with Crippen LogP contribution in [0, 0.1) is 5.92 Å². The third-order valence-corrected chi connectivity index (χ3v) is 7.89. The molecular weight excluding hydrogens is 536 g/mol. The van der Waals surface area contributed by atoms with Crippen LogP contribution in [0.3, 0.4) is 0 Å². The molecule has 0 bridgehead atoms. The average molecular weight is 575 g/mol. The van der Waals surface area contributed by atoms with E-state index in [1.165, 1.54) is 4.90 Å². The van der Waals surface area contributed by atoms with Gasteiger partial charge in [0.2, 0.25) is 5.91 Å². The number of aliphatic hydroxyl groups is 1. The molecule has 0 unspecified atom stereocenters. The molecule has 2 N–H and O–H groups in total. The van der Waals surface area contributed by atoms with Crippen molar-refractivity contribution in [3.05, 3.63) is 64.2 Å². The van der Waals surface area contributed by atoms with Gasteiger partial charge in [0, 0.05) is 51.5 Å². The number of carboxylic acid groups (broad SMARTS) is 1. The van der Waals surface area contributed by atoms with Gasteiger partial charge in [0.25, 0.3) is 0 Å². The van der Waals surface area contributed by atoms with Crippen molar-refractivity contribution in [3.8, 4) is 5.75 Å². The van der Waals surface area contributed by atoms with Gasteiger partial charge < -0.3 is 34.2 Å². The summed E-state index contributed by atoms with van der Waals surface area (Å²) in [6.07, 6.45) is 2.36. The van der Waals surface area contributed by atoms with E-state index in [1.807, 2.05) is 12.1 Å². The van der Waals surface area contributed by atoms with Gasteiger partial charge in [-0.15, -0.1) is 0 Å².